The van der Waals surface area contributed by atoms with E-state index in [4.69, 9.17) is 20.6 Å². The normalized spacial score (nSPS) is 18.0. The van der Waals surface area contributed by atoms with E-state index in [0.29, 0.717) is 0 Å². The molecule has 0 heterocycles. The lowest BCUT2D eigenvalue weighted by atomic mass is 10.1. The van der Waals surface area contributed by atoms with Crippen molar-refractivity contribution in [2.24, 2.45) is 0 Å². The van der Waals surface area contributed by atoms with Gasteiger partial charge < -0.3 is 20.5 Å². The molecule has 0 aliphatic rings. The van der Waals surface area contributed by atoms with E-state index >= 15 is 0 Å². The zero-order valence-corrected chi connectivity index (χ0v) is 8.16. The number of nitrogens with zero attached hydrogens (tertiary/aromatic N) is 2. The molecule has 0 aliphatic carbocycles. The fourth-order valence-corrected chi connectivity index (χ4v) is 0.846. The first-order valence-electron chi connectivity index (χ1n) is 3.88. The first-order chi connectivity index (χ1) is 6.05. The van der Waals surface area contributed by atoms with Gasteiger partial charge in [-0.2, -0.15) is 5.06 Å². The summed E-state index contributed by atoms with van der Waals surface area (Å²) in [6, 6.07) is -0.663. The van der Waals surface area contributed by atoms with Gasteiger partial charge in [-0.25, -0.2) is 0 Å². The van der Waals surface area contributed by atoms with E-state index in [-0.39, 0.29) is 5.06 Å². The molecule has 0 saturated heterocycles. The first kappa shape index (κ1) is 13.7. The summed E-state index contributed by atoms with van der Waals surface area (Å²) < 4.78 is 0. The number of rotatable bonds is 4. The lowest BCUT2D eigenvalue weighted by Crippen LogP contribution is -2.69. The molecule has 0 spiro atoms. The van der Waals surface area contributed by atoms with Crippen LogP contribution >= 0.6 is 0 Å². The van der Waals surface area contributed by atoms with Crippen LogP contribution in [-0.4, -0.2) is 58.9 Å². The molecule has 0 radical (unpaired) electrons. The maximum absolute atomic E-state index is 9.47. The average Bonchev–Trinajstić information content (AvgIpc) is 2.01. The van der Waals surface area contributed by atoms with Crippen LogP contribution in [0.2, 0.25) is 0 Å². The van der Waals surface area contributed by atoms with Crippen molar-refractivity contribution in [3.8, 4) is 0 Å². The fourth-order valence-electron chi connectivity index (χ4n) is 0.846. The zero-order valence-electron chi connectivity index (χ0n) is 8.16. The van der Waals surface area contributed by atoms with Gasteiger partial charge in [-0.15, -0.1) is 0 Å². The lowest BCUT2D eigenvalue weighted by molar-refractivity contribution is -0.538. The molecule has 0 fully saturated rings. The summed E-state index contributed by atoms with van der Waals surface area (Å²) >= 11 is 0. The lowest BCUT2D eigenvalue weighted by Gasteiger charge is -2.43. The summed E-state index contributed by atoms with van der Waals surface area (Å²) in [6.07, 6.45) is 0. The highest BCUT2D eigenvalue weighted by Crippen LogP contribution is 2.25. The Bertz CT molecular complexity index is 193. The van der Waals surface area contributed by atoms with Crippen molar-refractivity contribution in [3.63, 3.8) is 0 Å². The van der Waals surface area contributed by atoms with E-state index in [1.165, 1.54) is 13.8 Å². The molecule has 1 atom stereocenters. The molecule has 14 heavy (non-hydrogen) atoms. The summed E-state index contributed by atoms with van der Waals surface area (Å²) in [5.41, 5.74) is -2.68. The molecule has 0 rings (SSSR count). The van der Waals surface area contributed by atoms with Crippen LogP contribution in [0.25, 0.3) is 0 Å². The highest BCUT2D eigenvalue weighted by molar-refractivity contribution is 4.81. The van der Waals surface area contributed by atoms with Crippen molar-refractivity contribution in [1.29, 1.82) is 0 Å². The maximum atomic E-state index is 9.47. The molecule has 0 bridgehead atoms. The topological polar surface area (TPSA) is 128 Å². The molecule has 0 aromatic carbocycles. The first-order valence-corrected chi connectivity index (χ1v) is 3.88. The van der Waals surface area contributed by atoms with Crippen molar-refractivity contribution < 1.29 is 30.9 Å². The highest BCUT2D eigenvalue weighted by atomic mass is 16.8. The Hall–Kier alpha value is -0.320. The smallest absolute Gasteiger partial charge is 0.317 e. The Labute approximate surface area is 80.7 Å². The van der Waals surface area contributed by atoms with Gasteiger partial charge in [0.05, 0.1) is 0 Å². The van der Waals surface area contributed by atoms with Gasteiger partial charge in [0.15, 0.2) is 0 Å². The summed E-state index contributed by atoms with van der Waals surface area (Å²) in [6.45, 7) is 3.69. The molecule has 0 saturated carbocycles. The van der Waals surface area contributed by atoms with Crippen LogP contribution in [0.4, 0.5) is 0 Å². The SMILES string of the molecule is CC(C)N(O)C(C)(O)C(O)(O)N(O)O. The Morgan fingerprint density at radius 1 is 1.00 bits per heavy atom. The Morgan fingerprint density at radius 3 is 1.57 bits per heavy atom. The number of aliphatic hydroxyl groups is 3. The molecule has 86 valence electrons. The Kier molecular flexibility index (Phi) is 3.95. The van der Waals surface area contributed by atoms with Gasteiger partial charge in [0.1, 0.15) is 0 Å². The predicted molar refractivity (Wildman–Crippen MR) is 42.0 cm³/mol. The van der Waals surface area contributed by atoms with Crippen LogP contribution < -0.4 is 0 Å². The second kappa shape index (κ2) is 4.04. The summed E-state index contributed by atoms with van der Waals surface area (Å²) in [5.74, 6) is -3.42. The van der Waals surface area contributed by atoms with E-state index in [1.54, 1.807) is 0 Å². The van der Waals surface area contributed by atoms with Crippen LogP contribution in [0.5, 0.6) is 0 Å². The summed E-state index contributed by atoms with van der Waals surface area (Å²) in [5, 5.41) is 52.9. The van der Waals surface area contributed by atoms with Crippen LogP contribution in [0, 0.1) is 0 Å². The molecule has 8 nitrogen and oxygen atoms in total. The zero-order chi connectivity index (χ0) is 11.7. The fraction of sp³-hybridized carbons (Fsp3) is 1.00. The largest absolute Gasteiger partial charge is 0.368 e. The molecule has 1 unspecified atom stereocenters. The van der Waals surface area contributed by atoms with Crippen LogP contribution in [0.1, 0.15) is 20.8 Å². The third kappa shape index (κ3) is 2.19. The van der Waals surface area contributed by atoms with E-state index in [1.807, 2.05) is 0 Å². The maximum Gasteiger partial charge on any atom is 0.317 e. The van der Waals surface area contributed by atoms with Gasteiger partial charge in [-0.3, -0.25) is 10.4 Å². The second-order valence-corrected chi connectivity index (χ2v) is 3.38. The van der Waals surface area contributed by atoms with Crippen LogP contribution in [0.3, 0.4) is 0 Å². The van der Waals surface area contributed by atoms with E-state index in [2.05, 4.69) is 0 Å². The Morgan fingerprint density at radius 2 is 1.36 bits per heavy atom. The molecule has 0 aromatic heterocycles. The van der Waals surface area contributed by atoms with Crippen molar-refractivity contribution in [2.75, 3.05) is 0 Å². The summed E-state index contributed by atoms with van der Waals surface area (Å²) in [7, 11) is 0. The molecular formula is C6H16N2O6. The van der Waals surface area contributed by atoms with Crippen molar-refractivity contribution in [2.45, 2.75) is 38.4 Å². The van der Waals surface area contributed by atoms with Gasteiger partial charge in [-0.05, 0) is 26.0 Å². The van der Waals surface area contributed by atoms with Crippen molar-refractivity contribution >= 4 is 0 Å². The third-order valence-electron chi connectivity index (χ3n) is 1.85. The van der Waals surface area contributed by atoms with E-state index in [9.17, 15) is 10.3 Å². The van der Waals surface area contributed by atoms with Gasteiger partial charge >= 0.3 is 5.91 Å². The molecule has 0 aliphatic heterocycles. The number of hydrogen-bond donors (Lipinski definition) is 6. The molecular weight excluding hydrogens is 196 g/mol. The molecule has 8 heteroatoms. The van der Waals surface area contributed by atoms with Crippen molar-refractivity contribution in [3.05, 3.63) is 0 Å². The molecule has 6 N–H and O–H groups in total. The third-order valence-corrected chi connectivity index (χ3v) is 1.85. The van der Waals surface area contributed by atoms with Gasteiger partial charge in [0.2, 0.25) is 5.72 Å². The summed E-state index contributed by atoms with van der Waals surface area (Å²) in [4.78, 5) is 0. The molecule has 0 aromatic rings. The quantitative estimate of drug-likeness (QED) is 0.246. The number of hydroxylamine groups is 4. The second-order valence-electron chi connectivity index (χ2n) is 3.38. The van der Waals surface area contributed by atoms with E-state index < -0.39 is 22.9 Å². The predicted octanol–water partition coefficient (Wildman–Crippen LogP) is -1.49. The monoisotopic (exact) mass is 212 g/mol. The van der Waals surface area contributed by atoms with E-state index in [0.717, 1.165) is 6.92 Å². The van der Waals surface area contributed by atoms with Crippen molar-refractivity contribution in [1.82, 2.24) is 10.3 Å². The molecule has 0 amide bonds. The van der Waals surface area contributed by atoms with Gasteiger partial charge in [0.25, 0.3) is 0 Å². The minimum absolute atomic E-state index is 0.173. The average molecular weight is 212 g/mol. The minimum atomic E-state index is -3.42. The highest BCUT2D eigenvalue weighted by Gasteiger charge is 2.54. The number of hydrogen-bond acceptors (Lipinski definition) is 8. The van der Waals surface area contributed by atoms with Crippen LogP contribution in [0.15, 0.2) is 0 Å². The van der Waals surface area contributed by atoms with Gasteiger partial charge in [-0.1, -0.05) is 0 Å². The standard InChI is InChI=1S/C6H16N2O6/c1-4(2)7(12)5(3,9)6(10,11)8(13)14/h4,9-14H,1-3H3. The Balaban J connectivity index is 4.93. The van der Waals surface area contributed by atoms with Gasteiger partial charge in [0, 0.05) is 6.04 Å². The minimum Gasteiger partial charge on any atom is -0.368 e. The van der Waals surface area contributed by atoms with Crippen LogP contribution in [-0.2, 0) is 0 Å².